The van der Waals surface area contributed by atoms with Crippen molar-refractivity contribution < 1.29 is 14.3 Å². The molecule has 2 rings (SSSR count). The molecule has 1 amide bonds. The Kier molecular flexibility index (Phi) is 6.98. The van der Waals surface area contributed by atoms with Gasteiger partial charge in [-0.2, -0.15) is 0 Å². The average Bonchev–Trinajstić information content (AvgIpc) is 2.62. The summed E-state index contributed by atoms with van der Waals surface area (Å²) in [7, 11) is 1.57. The summed E-state index contributed by atoms with van der Waals surface area (Å²) < 4.78 is 10.6. The molecular weight excluding hydrogens is 336 g/mol. The first kappa shape index (κ1) is 18.5. The third-order valence-corrected chi connectivity index (χ3v) is 3.41. The summed E-state index contributed by atoms with van der Waals surface area (Å²) in [5.41, 5.74) is 1.58. The van der Waals surface area contributed by atoms with Crippen molar-refractivity contribution in [1.29, 1.82) is 0 Å². The summed E-state index contributed by atoms with van der Waals surface area (Å²) in [6.07, 6.45) is 3.13. The van der Waals surface area contributed by atoms with E-state index < -0.39 is 0 Å². The molecule has 0 saturated heterocycles. The Bertz CT molecular complexity index is 758. The largest absolute Gasteiger partial charge is 0.495 e. The van der Waals surface area contributed by atoms with E-state index >= 15 is 0 Å². The molecule has 5 nitrogen and oxygen atoms in total. The Labute approximate surface area is 152 Å². The highest BCUT2D eigenvalue weighted by atomic mass is 32.1. The molecule has 0 aliphatic rings. The first-order valence-corrected chi connectivity index (χ1v) is 8.19. The number of carbonyl (C=O) groups is 1. The van der Waals surface area contributed by atoms with Crippen molar-refractivity contribution in [2.24, 2.45) is 0 Å². The number of para-hydroxylation sites is 2. The summed E-state index contributed by atoms with van der Waals surface area (Å²) in [5.74, 6) is 1.12. The van der Waals surface area contributed by atoms with Gasteiger partial charge in [0.1, 0.15) is 11.5 Å². The minimum atomic E-state index is -0.318. The Morgan fingerprint density at radius 3 is 2.56 bits per heavy atom. The SMILES string of the molecule is CCOc1ccc(/C=C/C(=O)NC(=S)Nc2ccccc2OC)cc1. The van der Waals surface area contributed by atoms with Gasteiger partial charge in [-0.05, 0) is 55.0 Å². The fourth-order valence-electron chi connectivity index (χ4n) is 2.07. The molecule has 0 saturated carbocycles. The van der Waals surface area contributed by atoms with Crippen molar-refractivity contribution in [3.63, 3.8) is 0 Å². The van der Waals surface area contributed by atoms with Crippen molar-refractivity contribution in [3.8, 4) is 11.5 Å². The molecule has 130 valence electrons. The highest BCUT2D eigenvalue weighted by molar-refractivity contribution is 7.80. The van der Waals surface area contributed by atoms with E-state index in [2.05, 4.69) is 10.6 Å². The molecule has 0 unspecified atom stereocenters. The molecule has 0 aromatic heterocycles. The van der Waals surface area contributed by atoms with Crippen molar-refractivity contribution in [1.82, 2.24) is 5.32 Å². The molecule has 0 atom stereocenters. The zero-order valence-electron chi connectivity index (χ0n) is 14.1. The van der Waals surface area contributed by atoms with Crippen molar-refractivity contribution in [3.05, 3.63) is 60.2 Å². The minimum absolute atomic E-state index is 0.200. The van der Waals surface area contributed by atoms with Crippen molar-refractivity contribution in [2.45, 2.75) is 6.92 Å². The zero-order valence-corrected chi connectivity index (χ0v) is 14.9. The molecule has 0 heterocycles. The average molecular weight is 356 g/mol. The van der Waals surface area contributed by atoms with Crippen LogP contribution in [0.25, 0.3) is 6.08 Å². The summed E-state index contributed by atoms with van der Waals surface area (Å²) in [6.45, 7) is 2.55. The van der Waals surface area contributed by atoms with Gasteiger partial charge in [-0.15, -0.1) is 0 Å². The van der Waals surface area contributed by atoms with Crippen LogP contribution in [-0.4, -0.2) is 24.7 Å². The van der Waals surface area contributed by atoms with Crippen molar-refractivity contribution in [2.75, 3.05) is 19.0 Å². The number of ether oxygens (including phenoxy) is 2. The quantitative estimate of drug-likeness (QED) is 0.611. The van der Waals surface area contributed by atoms with E-state index in [0.717, 1.165) is 11.3 Å². The Hall–Kier alpha value is -2.86. The number of amides is 1. The molecule has 6 heteroatoms. The number of methoxy groups -OCH3 is 1. The number of hydrogen-bond donors (Lipinski definition) is 2. The predicted octanol–water partition coefficient (Wildman–Crippen LogP) is 3.62. The molecule has 2 aromatic rings. The summed E-state index contributed by atoms with van der Waals surface area (Å²) in [6, 6.07) is 14.8. The lowest BCUT2D eigenvalue weighted by Gasteiger charge is -2.11. The topological polar surface area (TPSA) is 59.6 Å². The fourth-order valence-corrected chi connectivity index (χ4v) is 2.28. The first-order chi connectivity index (χ1) is 12.1. The van der Waals surface area contributed by atoms with Crippen LogP contribution in [0.1, 0.15) is 12.5 Å². The van der Waals surface area contributed by atoms with Gasteiger partial charge in [0.2, 0.25) is 5.91 Å². The molecule has 0 aliphatic carbocycles. The minimum Gasteiger partial charge on any atom is -0.495 e. The maximum atomic E-state index is 12.0. The van der Waals surface area contributed by atoms with Crippen LogP contribution in [0.5, 0.6) is 11.5 Å². The molecule has 2 N–H and O–H groups in total. The number of carbonyl (C=O) groups excluding carboxylic acids is 1. The normalized spacial score (nSPS) is 10.3. The highest BCUT2D eigenvalue weighted by Crippen LogP contribution is 2.22. The van der Waals surface area contributed by atoms with Crippen LogP contribution < -0.4 is 20.1 Å². The number of anilines is 1. The van der Waals surface area contributed by atoms with Gasteiger partial charge in [0.05, 0.1) is 19.4 Å². The molecule has 0 bridgehead atoms. The van der Waals surface area contributed by atoms with Crippen LogP contribution in [0.4, 0.5) is 5.69 Å². The van der Waals surface area contributed by atoms with Gasteiger partial charge in [0, 0.05) is 6.08 Å². The summed E-state index contributed by atoms with van der Waals surface area (Å²) in [5, 5.41) is 5.73. The number of benzene rings is 2. The lowest BCUT2D eigenvalue weighted by Crippen LogP contribution is -2.32. The first-order valence-electron chi connectivity index (χ1n) is 7.78. The van der Waals surface area contributed by atoms with Gasteiger partial charge in [0.25, 0.3) is 0 Å². The monoisotopic (exact) mass is 356 g/mol. The predicted molar refractivity (Wildman–Crippen MR) is 104 cm³/mol. The maximum Gasteiger partial charge on any atom is 0.250 e. The maximum absolute atomic E-state index is 12.0. The van der Waals surface area contributed by atoms with E-state index in [1.807, 2.05) is 49.4 Å². The number of hydrogen-bond acceptors (Lipinski definition) is 4. The molecule has 0 radical (unpaired) electrons. The third kappa shape index (κ3) is 5.93. The van der Waals surface area contributed by atoms with Crippen LogP contribution in [0.3, 0.4) is 0 Å². The summed E-state index contributed by atoms with van der Waals surface area (Å²) in [4.78, 5) is 12.0. The second-order valence-corrected chi connectivity index (χ2v) is 5.39. The second kappa shape index (κ2) is 9.44. The lowest BCUT2D eigenvalue weighted by atomic mass is 10.2. The Morgan fingerprint density at radius 1 is 1.16 bits per heavy atom. The fraction of sp³-hybridized carbons (Fsp3) is 0.158. The molecule has 0 spiro atoms. The van der Waals surface area contributed by atoms with E-state index in [9.17, 15) is 4.79 Å². The van der Waals surface area contributed by atoms with Gasteiger partial charge in [-0.3, -0.25) is 10.1 Å². The van der Waals surface area contributed by atoms with Gasteiger partial charge >= 0.3 is 0 Å². The van der Waals surface area contributed by atoms with Crippen LogP contribution in [0, 0.1) is 0 Å². The van der Waals surface area contributed by atoms with Crippen LogP contribution in [-0.2, 0) is 4.79 Å². The third-order valence-electron chi connectivity index (χ3n) is 3.21. The number of nitrogens with one attached hydrogen (secondary N) is 2. The highest BCUT2D eigenvalue weighted by Gasteiger charge is 2.05. The second-order valence-electron chi connectivity index (χ2n) is 4.98. The van der Waals surface area contributed by atoms with E-state index in [0.29, 0.717) is 18.0 Å². The lowest BCUT2D eigenvalue weighted by molar-refractivity contribution is -0.115. The van der Waals surface area contributed by atoms with Gasteiger partial charge in [-0.1, -0.05) is 24.3 Å². The molecule has 0 fully saturated rings. The molecule has 0 aliphatic heterocycles. The van der Waals surface area contributed by atoms with E-state index in [1.165, 1.54) is 6.08 Å². The van der Waals surface area contributed by atoms with E-state index in [-0.39, 0.29) is 11.0 Å². The smallest absolute Gasteiger partial charge is 0.250 e. The number of thiocarbonyl (C=S) groups is 1. The standard InChI is InChI=1S/C19H20N2O3S/c1-3-24-15-11-8-14(9-12-15)10-13-18(22)21-19(25)20-16-6-4-5-7-17(16)23-2/h4-13H,3H2,1-2H3,(H2,20,21,22,25)/b13-10+. The van der Waals surface area contributed by atoms with Crippen LogP contribution in [0.2, 0.25) is 0 Å². The Balaban J connectivity index is 1.89. The van der Waals surface area contributed by atoms with Gasteiger partial charge < -0.3 is 14.8 Å². The van der Waals surface area contributed by atoms with Gasteiger partial charge in [0.15, 0.2) is 5.11 Å². The van der Waals surface area contributed by atoms with Crippen LogP contribution >= 0.6 is 12.2 Å². The molecule has 2 aromatic carbocycles. The van der Waals surface area contributed by atoms with E-state index in [1.54, 1.807) is 19.3 Å². The zero-order chi connectivity index (χ0) is 18.1. The number of rotatable bonds is 6. The Morgan fingerprint density at radius 2 is 1.88 bits per heavy atom. The molecule has 25 heavy (non-hydrogen) atoms. The van der Waals surface area contributed by atoms with Crippen LogP contribution in [0.15, 0.2) is 54.6 Å². The van der Waals surface area contributed by atoms with Gasteiger partial charge in [-0.25, -0.2) is 0 Å². The van der Waals surface area contributed by atoms with Crippen molar-refractivity contribution >= 4 is 35.0 Å². The summed E-state index contributed by atoms with van der Waals surface area (Å²) >= 11 is 5.15. The molecular formula is C19H20N2O3S. The van der Waals surface area contributed by atoms with E-state index in [4.69, 9.17) is 21.7 Å².